The van der Waals surface area contributed by atoms with E-state index in [-0.39, 0.29) is 6.61 Å². The van der Waals surface area contributed by atoms with Gasteiger partial charge in [-0.1, -0.05) is 72.4 Å². The van der Waals surface area contributed by atoms with Crippen LogP contribution in [-0.2, 0) is 18.9 Å². The van der Waals surface area contributed by atoms with Crippen LogP contribution in [0.25, 0.3) is 0 Å². The van der Waals surface area contributed by atoms with Crippen LogP contribution in [0.5, 0.6) is 0 Å². The second-order valence-electron chi connectivity index (χ2n) is 5.06. The number of hydrogen-bond donors (Lipinski definition) is 1. The van der Waals surface area contributed by atoms with Crippen LogP contribution in [0.3, 0.4) is 0 Å². The Kier molecular flexibility index (Phi) is 4.93. The Labute approximate surface area is 134 Å². The summed E-state index contributed by atoms with van der Waals surface area (Å²) in [4.78, 5) is 4.52. The molecule has 1 aromatic heterocycles. The van der Waals surface area contributed by atoms with Crippen LogP contribution in [0.1, 0.15) is 16.8 Å². The molecular weight excluding hydrogens is 292 g/mol. The molecule has 0 amide bonds. The van der Waals surface area contributed by atoms with Crippen LogP contribution in [0.2, 0.25) is 0 Å². The first-order valence-corrected chi connectivity index (χ1v) is 8.21. The molecule has 3 nitrogen and oxygen atoms in total. The Hall–Kier alpha value is -2.04. The van der Waals surface area contributed by atoms with Crippen molar-refractivity contribution >= 4 is 11.8 Å². The van der Waals surface area contributed by atoms with Crippen molar-refractivity contribution in [2.75, 3.05) is 0 Å². The molecule has 4 heteroatoms. The molecule has 0 radical (unpaired) electrons. The topological polar surface area (TPSA) is 38.0 Å². The lowest BCUT2D eigenvalue weighted by molar-refractivity contribution is 0.277. The molecule has 0 unspecified atom stereocenters. The van der Waals surface area contributed by atoms with Gasteiger partial charge in [-0.25, -0.2) is 4.98 Å². The van der Waals surface area contributed by atoms with E-state index in [0.29, 0.717) is 5.69 Å². The van der Waals surface area contributed by atoms with Gasteiger partial charge in [0, 0.05) is 18.5 Å². The summed E-state index contributed by atoms with van der Waals surface area (Å²) in [6.45, 7) is 0.742. The monoisotopic (exact) mass is 310 g/mol. The fourth-order valence-electron chi connectivity index (χ4n) is 2.26. The van der Waals surface area contributed by atoms with Crippen molar-refractivity contribution < 1.29 is 5.11 Å². The van der Waals surface area contributed by atoms with Crippen molar-refractivity contribution in [3.63, 3.8) is 0 Å². The molecule has 0 atom stereocenters. The summed E-state index contributed by atoms with van der Waals surface area (Å²) < 4.78 is 2.11. The number of rotatable bonds is 6. The van der Waals surface area contributed by atoms with Crippen LogP contribution in [0.4, 0.5) is 0 Å². The molecule has 22 heavy (non-hydrogen) atoms. The highest BCUT2D eigenvalue weighted by molar-refractivity contribution is 7.98. The lowest BCUT2D eigenvalue weighted by Gasteiger charge is -2.07. The molecule has 0 saturated carbocycles. The second-order valence-corrected chi connectivity index (χ2v) is 6.00. The predicted molar refractivity (Wildman–Crippen MR) is 89.7 cm³/mol. The zero-order chi connectivity index (χ0) is 15.2. The quantitative estimate of drug-likeness (QED) is 0.705. The predicted octanol–water partition coefficient (Wildman–Crippen LogP) is 3.72. The Balaban J connectivity index is 1.76. The number of hydrogen-bond acceptors (Lipinski definition) is 3. The van der Waals surface area contributed by atoms with Gasteiger partial charge in [-0.3, -0.25) is 0 Å². The molecule has 2 aromatic carbocycles. The lowest BCUT2D eigenvalue weighted by Crippen LogP contribution is -2.00. The van der Waals surface area contributed by atoms with Gasteiger partial charge in [0.05, 0.1) is 12.3 Å². The highest BCUT2D eigenvalue weighted by Gasteiger charge is 2.09. The minimum atomic E-state index is -0.0271. The van der Waals surface area contributed by atoms with E-state index in [0.717, 1.165) is 17.5 Å². The summed E-state index contributed by atoms with van der Waals surface area (Å²) in [6, 6.07) is 20.6. The fourth-order valence-corrected chi connectivity index (χ4v) is 3.21. The molecular formula is C18H18N2OS. The highest BCUT2D eigenvalue weighted by Crippen LogP contribution is 2.23. The summed E-state index contributed by atoms with van der Waals surface area (Å²) in [5.74, 6) is 0.873. The minimum absolute atomic E-state index is 0.0271. The summed E-state index contributed by atoms with van der Waals surface area (Å²) in [5, 5.41) is 10.3. The highest BCUT2D eigenvalue weighted by atomic mass is 32.2. The SMILES string of the molecule is OCc1cn(Cc2ccccc2)c(SCc2ccccc2)n1. The number of nitrogens with zero attached hydrogens (tertiary/aromatic N) is 2. The number of aliphatic hydroxyl groups is 1. The van der Waals surface area contributed by atoms with E-state index in [9.17, 15) is 5.11 Å². The summed E-state index contributed by atoms with van der Waals surface area (Å²) in [6.07, 6.45) is 1.93. The standard InChI is InChI=1S/C18H18N2OS/c21-13-17-12-20(11-15-7-3-1-4-8-15)18(19-17)22-14-16-9-5-2-6-10-16/h1-10,12,21H,11,13-14H2. The third-order valence-electron chi connectivity index (χ3n) is 3.36. The van der Waals surface area contributed by atoms with Crippen molar-refractivity contribution in [1.82, 2.24) is 9.55 Å². The van der Waals surface area contributed by atoms with Gasteiger partial charge in [0.1, 0.15) is 0 Å². The number of aliphatic hydroxyl groups excluding tert-OH is 1. The van der Waals surface area contributed by atoms with Crippen LogP contribution < -0.4 is 0 Å². The minimum Gasteiger partial charge on any atom is -0.390 e. The molecule has 0 aliphatic rings. The van der Waals surface area contributed by atoms with Gasteiger partial charge in [0.15, 0.2) is 5.16 Å². The third-order valence-corrected chi connectivity index (χ3v) is 4.42. The number of aromatic nitrogens is 2. The summed E-state index contributed by atoms with van der Waals surface area (Å²) in [5.41, 5.74) is 3.21. The van der Waals surface area contributed by atoms with E-state index in [4.69, 9.17) is 0 Å². The van der Waals surface area contributed by atoms with E-state index in [1.165, 1.54) is 11.1 Å². The maximum Gasteiger partial charge on any atom is 0.168 e. The fraction of sp³-hybridized carbons (Fsp3) is 0.167. The van der Waals surface area contributed by atoms with Crippen LogP contribution in [0.15, 0.2) is 72.0 Å². The summed E-state index contributed by atoms with van der Waals surface area (Å²) in [7, 11) is 0. The van der Waals surface area contributed by atoms with Gasteiger partial charge in [-0.15, -0.1) is 0 Å². The second kappa shape index (κ2) is 7.29. The Morgan fingerprint density at radius 3 is 2.18 bits per heavy atom. The molecule has 0 saturated heterocycles. The normalized spacial score (nSPS) is 10.8. The average Bonchev–Trinajstić information content (AvgIpc) is 2.97. The van der Waals surface area contributed by atoms with E-state index in [1.807, 2.05) is 42.6 Å². The maximum absolute atomic E-state index is 9.34. The Bertz CT molecular complexity index is 710. The molecule has 1 N–H and O–H groups in total. The molecule has 0 fully saturated rings. The van der Waals surface area contributed by atoms with Crippen LogP contribution >= 0.6 is 11.8 Å². The van der Waals surface area contributed by atoms with Gasteiger partial charge >= 0.3 is 0 Å². The molecule has 0 aliphatic carbocycles. The number of imidazole rings is 1. The van der Waals surface area contributed by atoms with E-state index >= 15 is 0 Å². The first-order valence-electron chi connectivity index (χ1n) is 7.22. The van der Waals surface area contributed by atoms with Gasteiger partial charge < -0.3 is 9.67 Å². The summed E-state index contributed by atoms with van der Waals surface area (Å²) >= 11 is 1.70. The Morgan fingerprint density at radius 2 is 1.55 bits per heavy atom. The number of benzene rings is 2. The van der Waals surface area contributed by atoms with Gasteiger partial charge in [-0.05, 0) is 11.1 Å². The van der Waals surface area contributed by atoms with Crippen molar-refractivity contribution in [1.29, 1.82) is 0 Å². The zero-order valence-corrected chi connectivity index (χ0v) is 13.0. The molecule has 0 spiro atoms. The molecule has 1 heterocycles. The molecule has 3 rings (SSSR count). The van der Waals surface area contributed by atoms with Crippen LogP contribution in [0, 0.1) is 0 Å². The van der Waals surface area contributed by atoms with Crippen molar-refractivity contribution in [3.8, 4) is 0 Å². The van der Waals surface area contributed by atoms with E-state index < -0.39 is 0 Å². The molecule has 112 valence electrons. The average molecular weight is 310 g/mol. The lowest BCUT2D eigenvalue weighted by atomic mass is 10.2. The maximum atomic E-state index is 9.34. The molecule has 3 aromatic rings. The number of thioether (sulfide) groups is 1. The Morgan fingerprint density at radius 1 is 0.909 bits per heavy atom. The third kappa shape index (κ3) is 3.78. The van der Waals surface area contributed by atoms with Gasteiger partial charge in [0.25, 0.3) is 0 Å². The first kappa shape index (κ1) is 14.9. The van der Waals surface area contributed by atoms with E-state index in [2.05, 4.69) is 33.8 Å². The first-order chi connectivity index (χ1) is 10.8. The largest absolute Gasteiger partial charge is 0.390 e. The van der Waals surface area contributed by atoms with Gasteiger partial charge in [0.2, 0.25) is 0 Å². The smallest absolute Gasteiger partial charge is 0.168 e. The van der Waals surface area contributed by atoms with E-state index in [1.54, 1.807) is 11.8 Å². The van der Waals surface area contributed by atoms with Crippen molar-refractivity contribution in [2.24, 2.45) is 0 Å². The van der Waals surface area contributed by atoms with Crippen LogP contribution in [-0.4, -0.2) is 14.7 Å². The van der Waals surface area contributed by atoms with Gasteiger partial charge in [-0.2, -0.15) is 0 Å². The van der Waals surface area contributed by atoms with Crippen molar-refractivity contribution in [3.05, 3.63) is 83.7 Å². The zero-order valence-electron chi connectivity index (χ0n) is 12.2. The molecule has 0 aliphatic heterocycles. The molecule has 0 bridgehead atoms. The van der Waals surface area contributed by atoms with Crippen molar-refractivity contribution in [2.45, 2.75) is 24.1 Å².